The first-order chi connectivity index (χ1) is 6.72. The maximum absolute atomic E-state index is 5.62. The summed E-state index contributed by atoms with van der Waals surface area (Å²) >= 11 is 6.95. The summed E-state index contributed by atoms with van der Waals surface area (Å²) in [5, 5.41) is 8.31. The van der Waals surface area contributed by atoms with Crippen molar-refractivity contribution in [3.63, 3.8) is 0 Å². The fourth-order valence-corrected chi connectivity index (χ4v) is 1.63. The van der Waals surface area contributed by atoms with Crippen molar-refractivity contribution in [1.29, 1.82) is 0 Å². The van der Waals surface area contributed by atoms with E-state index in [1.165, 1.54) is 11.3 Å². The Hall–Kier alpha value is -0.230. The second kappa shape index (κ2) is 6.29. The van der Waals surface area contributed by atoms with Crippen molar-refractivity contribution in [2.24, 2.45) is 0 Å². The third-order valence-corrected chi connectivity index (χ3v) is 2.48. The minimum Gasteiger partial charge on any atom is -0.379 e. The zero-order chi connectivity index (χ0) is 10.4. The summed E-state index contributed by atoms with van der Waals surface area (Å²) in [6.07, 6.45) is 0.0672. The van der Waals surface area contributed by atoms with Crippen LogP contribution in [0.3, 0.4) is 0 Å². The van der Waals surface area contributed by atoms with Gasteiger partial charge in [0, 0.05) is 6.61 Å². The fourth-order valence-electron chi connectivity index (χ4n) is 0.837. The lowest BCUT2D eigenvalue weighted by Crippen LogP contribution is -2.15. The van der Waals surface area contributed by atoms with E-state index >= 15 is 0 Å². The summed E-state index contributed by atoms with van der Waals surface area (Å²) in [7, 11) is 0. The first kappa shape index (κ1) is 11.8. The standard InChI is InChI=1S/C8H13ClN2O2S/c1-3-12-4-6(2)13-5-7-10-11-8(9)14-7/h6H,3-5H2,1-2H3. The Kier molecular flexibility index (Phi) is 5.32. The molecule has 0 aromatic carbocycles. The topological polar surface area (TPSA) is 44.2 Å². The Morgan fingerprint density at radius 3 is 2.86 bits per heavy atom. The van der Waals surface area contributed by atoms with Crippen molar-refractivity contribution in [3.8, 4) is 0 Å². The summed E-state index contributed by atoms with van der Waals surface area (Å²) in [6.45, 7) is 5.66. The molecule has 1 unspecified atom stereocenters. The maximum atomic E-state index is 5.62. The lowest BCUT2D eigenvalue weighted by atomic mass is 10.4. The van der Waals surface area contributed by atoms with E-state index in [0.29, 0.717) is 24.3 Å². The number of nitrogens with zero attached hydrogens (tertiary/aromatic N) is 2. The van der Waals surface area contributed by atoms with Gasteiger partial charge in [-0.2, -0.15) is 0 Å². The number of halogens is 1. The summed E-state index contributed by atoms with van der Waals surface area (Å²) in [6, 6.07) is 0. The highest BCUT2D eigenvalue weighted by atomic mass is 35.5. The smallest absolute Gasteiger partial charge is 0.207 e. The number of ether oxygens (including phenoxy) is 2. The average molecular weight is 237 g/mol. The SMILES string of the molecule is CCOCC(C)OCc1nnc(Cl)s1. The van der Waals surface area contributed by atoms with Crippen LogP contribution in [0.2, 0.25) is 4.47 Å². The normalized spacial score (nSPS) is 13.1. The monoisotopic (exact) mass is 236 g/mol. The molecule has 14 heavy (non-hydrogen) atoms. The molecule has 1 aromatic rings. The molecule has 1 heterocycles. The van der Waals surface area contributed by atoms with E-state index in [0.717, 1.165) is 5.01 Å². The molecule has 0 aliphatic carbocycles. The highest BCUT2D eigenvalue weighted by Gasteiger charge is 2.05. The molecule has 0 amide bonds. The van der Waals surface area contributed by atoms with Crippen molar-refractivity contribution >= 4 is 22.9 Å². The second-order valence-electron chi connectivity index (χ2n) is 2.73. The van der Waals surface area contributed by atoms with Crippen LogP contribution in [-0.2, 0) is 16.1 Å². The first-order valence-corrected chi connectivity index (χ1v) is 5.59. The van der Waals surface area contributed by atoms with Gasteiger partial charge in [-0.05, 0) is 25.4 Å². The van der Waals surface area contributed by atoms with Gasteiger partial charge in [-0.25, -0.2) is 0 Å². The molecule has 0 fully saturated rings. The van der Waals surface area contributed by atoms with Gasteiger partial charge in [0.1, 0.15) is 11.6 Å². The zero-order valence-electron chi connectivity index (χ0n) is 8.20. The Balaban J connectivity index is 2.20. The Morgan fingerprint density at radius 2 is 2.29 bits per heavy atom. The molecule has 0 saturated heterocycles. The molecule has 0 N–H and O–H groups in total. The Bertz CT molecular complexity index is 270. The second-order valence-corrected chi connectivity index (χ2v) is 4.37. The maximum Gasteiger partial charge on any atom is 0.207 e. The van der Waals surface area contributed by atoms with Crippen LogP contribution >= 0.6 is 22.9 Å². The van der Waals surface area contributed by atoms with Gasteiger partial charge < -0.3 is 9.47 Å². The summed E-state index contributed by atoms with van der Waals surface area (Å²) in [5.74, 6) is 0. The van der Waals surface area contributed by atoms with Gasteiger partial charge in [0.2, 0.25) is 4.47 Å². The molecule has 1 rings (SSSR count). The molecular formula is C8H13ClN2O2S. The van der Waals surface area contributed by atoms with Crippen molar-refractivity contribution in [3.05, 3.63) is 9.47 Å². The number of aromatic nitrogens is 2. The van der Waals surface area contributed by atoms with Crippen LogP contribution in [0.25, 0.3) is 0 Å². The van der Waals surface area contributed by atoms with Crippen LogP contribution in [-0.4, -0.2) is 29.5 Å². The largest absolute Gasteiger partial charge is 0.379 e. The molecule has 0 spiro atoms. The third kappa shape index (κ3) is 4.32. The molecule has 80 valence electrons. The van der Waals surface area contributed by atoms with Gasteiger partial charge in [0.05, 0.1) is 12.7 Å². The van der Waals surface area contributed by atoms with E-state index in [9.17, 15) is 0 Å². The van der Waals surface area contributed by atoms with Crippen LogP contribution in [0.1, 0.15) is 18.9 Å². The van der Waals surface area contributed by atoms with Crippen LogP contribution < -0.4 is 0 Å². The highest BCUT2D eigenvalue weighted by molar-refractivity contribution is 7.15. The average Bonchev–Trinajstić information content (AvgIpc) is 2.58. The van der Waals surface area contributed by atoms with E-state index in [-0.39, 0.29) is 6.10 Å². The van der Waals surface area contributed by atoms with Crippen molar-refractivity contribution < 1.29 is 9.47 Å². The van der Waals surface area contributed by atoms with Crippen LogP contribution in [0.5, 0.6) is 0 Å². The summed E-state index contributed by atoms with van der Waals surface area (Å²) < 4.78 is 11.1. The van der Waals surface area contributed by atoms with Gasteiger partial charge in [-0.3, -0.25) is 0 Å². The molecule has 0 aliphatic rings. The molecule has 0 radical (unpaired) electrons. The van der Waals surface area contributed by atoms with E-state index in [2.05, 4.69) is 10.2 Å². The lowest BCUT2D eigenvalue weighted by molar-refractivity contribution is -0.0118. The lowest BCUT2D eigenvalue weighted by Gasteiger charge is -2.10. The van der Waals surface area contributed by atoms with E-state index in [4.69, 9.17) is 21.1 Å². The van der Waals surface area contributed by atoms with Crippen LogP contribution in [0, 0.1) is 0 Å². The van der Waals surface area contributed by atoms with Crippen LogP contribution in [0.15, 0.2) is 0 Å². The molecule has 4 nitrogen and oxygen atoms in total. The molecule has 1 aromatic heterocycles. The van der Waals surface area contributed by atoms with Crippen molar-refractivity contribution in [2.45, 2.75) is 26.6 Å². The van der Waals surface area contributed by atoms with Gasteiger partial charge in [0.15, 0.2) is 0 Å². The molecular weight excluding hydrogens is 224 g/mol. The quantitative estimate of drug-likeness (QED) is 0.759. The van der Waals surface area contributed by atoms with Crippen molar-refractivity contribution in [2.75, 3.05) is 13.2 Å². The van der Waals surface area contributed by atoms with Gasteiger partial charge in [-0.1, -0.05) is 11.3 Å². The third-order valence-electron chi connectivity index (χ3n) is 1.49. The van der Waals surface area contributed by atoms with Gasteiger partial charge >= 0.3 is 0 Å². The fraction of sp³-hybridized carbons (Fsp3) is 0.750. The molecule has 6 heteroatoms. The summed E-state index contributed by atoms with van der Waals surface area (Å²) in [5.41, 5.74) is 0. The number of hydrogen-bond donors (Lipinski definition) is 0. The van der Waals surface area contributed by atoms with Crippen LogP contribution in [0.4, 0.5) is 0 Å². The molecule has 0 aliphatic heterocycles. The Morgan fingerprint density at radius 1 is 1.50 bits per heavy atom. The first-order valence-electron chi connectivity index (χ1n) is 4.39. The van der Waals surface area contributed by atoms with E-state index in [1.807, 2.05) is 13.8 Å². The predicted molar refractivity (Wildman–Crippen MR) is 55.7 cm³/mol. The number of hydrogen-bond acceptors (Lipinski definition) is 5. The van der Waals surface area contributed by atoms with E-state index in [1.54, 1.807) is 0 Å². The number of rotatable bonds is 6. The minimum atomic E-state index is 0.0672. The highest BCUT2D eigenvalue weighted by Crippen LogP contribution is 2.15. The minimum absolute atomic E-state index is 0.0672. The van der Waals surface area contributed by atoms with E-state index < -0.39 is 0 Å². The van der Waals surface area contributed by atoms with Gasteiger partial charge in [0.25, 0.3) is 0 Å². The molecule has 0 saturated carbocycles. The molecule has 1 atom stereocenters. The predicted octanol–water partition coefficient (Wildman–Crippen LogP) is 2.13. The Labute approximate surface area is 92.2 Å². The summed E-state index contributed by atoms with van der Waals surface area (Å²) in [4.78, 5) is 0. The van der Waals surface area contributed by atoms with Crippen molar-refractivity contribution in [1.82, 2.24) is 10.2 Å². The zero-order valence-corrected chi connectivity index (χ0v) is 9.77. The molecule has 0 bridgehead atoms. The van der Waals surface area contributed by atoms with Gasteiger partial charge in [-0.15, -0.1) is 10.2 Å².